The number of aromatic nitrogens is 4. The third kappa shape index (κ3) is 5.01. The first kappa shape index (κ1) is 24.8. The average molecular weight is 513 g/mol. The number of methoxy groups -OCH3 is 1. The Morgan fingerprint density at radius 2 is 1.79 bits per heavy atom. The molecule has 1 unspecified atom stereocenters. The van der Waals surface area contributed by atoms with E-state index in [1.807, 2.05) is 74.5 Å². The Morgan fingerprint density at radius 1 is 1.00 bits per heavy atom. The summed E-state index contributed by atoms with van der Waals surface area (Å²) in [5, 5.41) is 18.2. The van der Waals surface area contributed by atoms with E-state index in [0.29, 0.717) is 53.4 Å². The van der Waals surface area contributed by atoms with Crippen molar-refractivity contribution in [3.63, 3.8) is 0 Å². The van der Waals surface area contributed by atoms with E-state index >= 15 is 0 Å². The normalized spacial score (nSPS) is 14.3. The third-order valence-electron chi connectivity index (χ3n) is 6.13. The number of nitrogens with zero attached hydrogens (tertiary/aromatic N) is 4. The second-order valence-electron chi connectivity index (χ2n) is 8.58. The van der Waals surface area contributed by atoms with E-state index in [2.05, 4.69) is 26.2 Å². The molecule has 2 heterocycles. The van der Waals surface area contributed by atoms with E-state index in [1.165, 1.54) is 0 Å². The number of allylic oxidation sites excluding steroid dienone is 1. The summed E-state index contributed by atoms with van der Waals surface area (Å²) in [6.07, 6.45) is 0. The van der Waals surface area contributed by atoms with E-state index < -0.39 is 6.04 Å². The second kappa shape index (κ2) is 11.0. The number of amides is 1. The topological polar surface area (TPSA) is 112 Å². The number of fused-ring (bicyclic) bond motifs is 1. The van der Waals surface area contributed by atoms with Crippen LogP contribution in [0.5, 0.6) is 17.2 Å². The summed E-state index contributed by atoms with van der Waals surface area (Å²) in [6.45, 7) is 4.58. The van der Waals surface area contributed by atoms with Crippen LogP contribution in [0.2, 0.25) is 0 Å². The zero-order valence-electron chi connectivity index (χ0n) is 21.3. The predicted molar refractivity (Wildman–Crippen MR) is 142 cm³/mol. The highest BCUT2D eigenvalue weighted by atomic mass is 16.5. The minimum Gasteiger partial charge on any atom is -0.495 e. The van der Waals surface area contributed by atoms with Crippen molar-refractivity contribution in [1.29, 1.82) is 0 Å². The van der Waals surface area contributed by atoms with Gasteiger partial charge in [-0.25, -0.2) is 0 Å². The molecule has 10 heteroatoms. The molecule has 10 nitrogen and oxygen atoms in total. The summed E-state index contributed by atoms with van der Waals surface area (Å²) in [5.41, 5.74) is 3.45. The molecule has 194 valence electrons. The molecule has 0 aliphatic carbocycles. The maximum absolute atomic E-state index is 13.7. The fourth-order valence-electron chi connectivity index (χ4n) is 4.37. The Kier molecular flexibility index (Phi) is 7.21. The predicted octanol–water partition coefficient (Wildman–Crippen LogP) is 4.59. The lowest BCUT2D eigenvalue weighted by molar-refractivity contribution is -0.113. The standard InChI is InChI=1S/C28H28N6O4/c1-4-37-24-16-20(14-15-23(24)38-17-19-10-6-5-7-11-19)26-25(18(2)29-28-31-32-33-34(26)28)27(35)30-21-12-8-9-13-22(21)36-3/h5-16,26H,4,17H2,1-3H3,(H,30,35)(H,29,31,33). The van der Waals surface area contributed by atoms with Gasteiger partial charge < -0.3 is 24.8 Å². The first-order valence-corrected chi connectivity index (χ1v) is 12.2. The van der Waals surface area contributed by atoms with Crippen molar-refractivity contribution in [2.75, 3.05) is 24.4 Å². The van der Waals surface area contributed by atoms with Crippen LogP contribution in [-0.2, 0) is 11.4 Å². The quantitative estimate of drug-likeness (QED) is 0.335. The highest BCUT2D eigenvalue weighted by Gasteiger charge is 2.35. The van der Waals surface area contributed by atoms with E-state index in [9.17, 15) is 4.79 Å². The van der Waals surface area contributed by atoms with Gasteiger partial charge in [-0.05, 0) is 59.7 Å². The Morgan fingerprint density at radius 3 is 2.58 bits per heavy atom. The van der Waals surface area contributed by atoms with Crippen molar-refractivity contribution in [2.24, 2.45) is 0 Å². The van der Waals surface area contributed by atoms with Crippen LogP contribution in [0.15, 0.2) is 84.1 Å². The summed E-state index contributed by atoms with van der Waals surface area (Å²) in [6, 6.07) is 22.2. The molecule has 0 spiro atoms. The zero-order chi connectivity index (χ0) is 26.5. The number of carbonyl (C=O) groups excluding carboxylic acids is 1. The van der Waals surface area contributed by atoms with Gasteiger partial charge in [0.05, 0.1) is 25.0 Å². The van der Waals surface area contributed by atoms with Crippen LogP contribution in [-0.4, -0.2) is 39.8 Å². The molecule has 0 radical (unpaired) electrons. The van der Waals surface area contributed by atoms with Gasteiger partial charge in [-0.1, -0.05) is 53.6 Å². The molecule has 1 atom stereocenters. The molecule has 0 saturated heterocycles. The molecule has 2 N–H and O–H groups in total. The number of hydrogen-bond donors (Lipinski definition) is 2. The van der Waals surface area contributed by atoms with Gasteiger partial charge in [0, 0.05) is 5.70 Å². The van der Waals surface area contributed by atoms with E-state index in [1.54, 1.807) is 23.9 Å². The maximum atomic E-state index is 13.7. The fourth-order valence-corrected chi connectivity index (χ4v) is 4.37. The first-order chi connectivity index (χ1) is 18.6. The van der Waals surface area contributed by atoms with Gasteiger partial charge in [0.25, 0.3) is 5.91 Å². The van der Waals surface area contributed by atoms with Crippen molar-refractivity contribution in [2.45, 2.75) is 26.5 Å². The number of carbonyl (C=O) groups is 1. The van der Waals surface area contributed by atoms with Crippen molar-refractivity contribution in [3.8, 4) is 17.2 Å². The molecule has 1 amide bonds. The number of hydrogen-bond acceptors (Lipinski definition) is 8. The Labute approximate surface area is 220 Å². The molecular formula is C28H28N6O4. The summed E-state index contributed by atoms with van der Waals surface area (Å²) in [4.78, 5) is 13.7. The van der Waals surface area contributed by atoms with Crippen LogP contribution in [0.25, 0.3) is 0 Å². The number of tetrazole rings is 1. The van der Waals surface area contributed by atoms with Crippen molar-refractivity contribution in [3.05, 3.63) is 95.2 Å². The van der Waals surface area contributed by atoms with Crippen LogP contribution in [0.1, 0.15) is 31.0 Å². The molecule has 0 fully saturated rings. The van der Waals surface area contributed by atoms with E-state index in [0.717, 1.165) is 11.1 Å². The summed E-state index contributed by atoms with van der Waals surface area (Å²) >= 11 is 0. The highest BCUT2D eigenvalue weighted by molar-refractivity contribution is 6.06. The molecule has 1 aromatic heterocycles. The minimum atomic E-state index is -0.613. The summed E-state index contributed by atoms with van der Waals surface area (Å²) in [5.74, 6) is 1.85. The smallest absolute Gasteiger partial charge is 0.255 e. The van der Waals surface area contributed by atoms with Gasteiger partial charge in [-0.2, -0.15) is 4.68 Å². The third-order valence-corrected chi connectivity index (χ3v) is 6.13. The van der Waals surface area contributed by atoms with Gasteiger partial charge >= 0.3 is 0 Å². The summed E-state index contributed by atoms with van der Waals surface area (Å²) in [7, 11) is 1.56. The second-order valence-corrected chi connectivity index (χ2v) is 8.58. The molecule has 5 rings (SSSR count). The van der Waals surface area contributed by atoms with E-state index in [-0.39, 0.29) is 5.91 Å². The average Bonchev–Trinajstić information content (AvgIpc) is 3.40. The molecule has 4 aromatic rings. The van der Waals surface area contributed by atoms with Crippen LogP contribution in [0.3, 0.4) is 0 Å². The summed E-state index contributed by atoms with van der Waals surface area (Å²) < 4.78 is 19.0. The molecule has 38 heavy (non-hydrogen) atoms. The SMILES string of the molecule is CCOc1cc(C2C(C(=O)Nc3ccccc3OC)=C(C)Nc3nnnn32)ccc1OCc1ccccc1. The van der Waals surface area contributed by atoms with Gasteiger partial charge in [0.2, 0.25) is 5.95 Å². The van der Waals surface area contributed by atoms with Gasteiger partial charge in [0.1, 0.15) is 18.4 Å². The molecule has 0 saturated carbocycles. The molecule has 1 aliphatic rings. The number of benzene rings is 3. The lowest BCUT2D eigenvalue weighted by Gasteiger charge is -2.28. The lowest BCUT2D eigenvalue weighted by Crippen LogP contribution is -2.31. The maximum Gasteiger partial charge on any atom is 0.255 e. The highest BCUT2D eigenvalue weighted by Crippen LogP contribution is 2.39. The van der Waals surface area contributed by atoms with Crippen LogP contribution in [0, 0.1) is 0 Å². The number of rotatable bonds is 9. The zero-order valence-corrected chi connectivity index (χ0v) is 21.3. The lowest BCUT2D eigenvalue weighted by atomic mass is 9.94. The van der Waals surface area contributed by atoms with Crippen molar-refractivity contribution in [1.82, 2.24) is 20.2 Å². The molecule has 0 bridgehead atoms. The van der Waals surface area contributed by atoms with Gasteiger partial charge in [-0.15, -0.1) is 0 Å². The van der Waals surface area contributed by atoms with Crippen molar-refractivity contribution < 1.29 is 19.0 Å². The van der Waals surface area contributed by atoms with Crippen LogP contribution < -0.4 is 24.8 Å². The first-order valence-electron chi connectivity index (χ1n) is 12.2. The Balaban J connectivity index is 1.50. The largest absolute Gasteiger partial charge is 0.495 e. The van der Waals surface area contributed by atoms with Crippen LogP contribution in [0.4, 0.5) is 11.6 Å². The van der Waals surface area contributed by atoms with Gasteiger partial charge in [0.15, 0.2) is 11.5 Å². The number of ether oxygens (including phenoxy) is 3. The van der Waals surface area contributed by atoms with E-state index in [4.69, 9.17) is 14.2 Å². The van der Waals surface area contributed by atoms with Crippen LogP contribution >= 0.6 is 0 Å². The number of para-hydroxylation sites is 2. The Hall–Kier alpha value is -4.86. The van der Waals surface area contributed by atoms with Crippen molar-refractivity contribution >= 4 is 17.5 Å². The van der Waals surface area contributed by atoms with Gasteiger partial charge in [-0.3, -0.25) is 4.79 Å². The number of anilines is 2. The molecular weight excluding hydrogens is 484 g/mol. The Bertz CT molecular complexity index is 1470. The monoisotopic (exact) mass is 512 g/mol. The minimum absolute atomic E-state index is 0.312. The fraction of sp³-hybridized carbons (Fsp3) is 0.214. The molecule has 1 aliphatic heterocycles. The number of nitrogens with one attached hydrogen (secondary N) is 2. The molecule has 3 aromatic carbocycles.